The molecule has 6 nitrogen and oxygen atoms in total. The van der Waals surface area contributed by atoms with E-state index in [1.54, 1.807) is 11.8 Å². The Morgan fingerprint density at radius 1 is 1.36 bits per heavy atom. The summed E-state index contributed by atoms with van der Waals surface area (Å²) < 4.78 is 5.07. The number of fused-ring (bicyclic) bond motifs is 1. The zero-order valence-corrected chi connectivity index (χ0v) is 16.8. The lowest BCUT2D eigenvalue weighted by Crippen LogP contribution is -2.35. The highest BCUT2D eigenvalue weighted by Crippen LogP contribution is 2.37. The predicted octanol–water partition coefficient (Wildman–Crippen LogP) is 3.95. The molecule has 1 aromatic heterocycles. The Hall–Kier alpha value is -2.85. The summed E-state index contributed by atoms with van der Waals surface area (Å²) >= 11 is 1.37. The highest BCUT2D eigenvalue weighted by Gasteiger charge is 2.28. The molecule has 1 N–H and O–H groups in total. The molecule has 0 saturated carbocycles. The molecule has 0 unspecified atom stereocenters. The van der Waals surface area contributed by atoms with Gasteiger partial charge in [-0.3, -0.25) is 4.79 Å². The van der Waals surface area contributed by atoms with Crippen LogP contribution in [0.5, 0.6) is 0 Å². The number of amides is 2. The fraction of sp³-hybridized carbons (Fsp3) is 0.381. The summed E-state index contributed by atoms with van der Waals surface area (Å²) in [6.07, 6.45) is 0.876. The Bertz CT molecular complexity index is 902. The van der Waals surface area contributed by atoms with Crippen LogP contribution in [0.2, 0.25) is 0 Å². The molecule has 28 heavy (non-hydrogen) atoms. The first-order valence-corrected chi connectivity index (χ1v) is 10.2. The van der Waals surface area contributed by atoms with E-state index in [1.165, 1.54) is 11.3 Å². The normalized spacial score (nSPS) is 14.0. The van der Waals surface area contributed by atoms with E-state index in [2.05, 4.69) is 11.4 Å². The third kappa shape index (κ3) is 4.34. The van der Waals surface area contributed by atoms with E-state index < -0.39 is 0 Å². The predicted molar refractivity (Wildman–Crippen MR) is 108 cm³/mol. The number of rotatable bonds is 5. The fourth-order valence-corrected chi connectivity index (χ4v) is 4.49. The standard InChI is InChI=1S/C21H23N3O3S/c1-3-27-21(26)24-10-9-16-17(12-22)20(28-18(16)13-24)23-19(25)14(2)11-15-7-5-4-6-8-15/h4-8,14H,3,9-11,13H2,1-2H3,(H,23,25)/t14-/m0/s1. The van der Waals surface area contributed by atoms with E-state index >= 15 is 0 Å². The van der Waals surface area contributed by atoms with Gasteiger partial charge in [0.05, 0.1) is 18.7 Å². The smallest absolute Gasteiger partial charge is 0.410 e. The van der Waals surface area contributed by atoms with E-state index in [4.69, 9.17) is 4.74 Å². The van der Waals surface area contributed by atoms with Gasteiger partial charge >= 0.3 is 6.09 Å². The van der Waals surface area contributed by atoms with Crippen LogP contribution in [0.3, 0.4) is 0 Å². The summed E-state index contributed by atoms with van der Waals surface area (Å²) in [4.78, 5) is 27.2. The fourth-order valence-electron chi connectivity index (χ4n) is 3.28. The maximum absolute atomic E-state index is 12.7. The molecule has 0 bridgehead atoms. The number of ether oxygens (including phenoxy) is 1. The molecule has 146 valence electrons. The number of nitrogens with one attached hydrogen (secondary N) is 1. The van der Waals surface area contributed by atoms with Gasteiger partial charge in [-0.25, -0.2) is 4.79 Å². The summed E-state index contributed by atoms with van der Waals surface area (Å²) in [5.41, 5.74) is 2.55. The number of carbonyl (C=O) groups excluding carboxylic acids is 2. The zero-order valence-electron chi connectivity index (χ0n) is 16.0. The molecule has 7 heteroatoms. The first-order chi connectivity index (χ1) is 13.5. The lowest BCUT2D eigenvalue weighted by molar-refractivity contribution is -0.119. The van der Waals surface area contributed by atoms with Gasteiger partial charge in [0.25, 0.3) is 0 Å². The lowest BCUT2D eigenvalue weighted by Gasteiger charge is -2.25. The second-order valence-electron chi connectivity index (χ2n) is 6.77. The molecule has 3 rings (SSSR count). The monoisotopic (exact) mass is 397 g/mol. The van der Waals surface area contributed by atoms with E-state index in [-0.39, 0.29) is 17.9 Å². The van der Waals surface area contributed by atoms with E-state index in [0.29, 0.717) is 43.1 Å². The first-order valence-electron chi connectivity index (χ1n) is 9.34. The third-order valence-corrected chi connectivity index (χ3v) is 5.90. The second kappa shape index (κ2) is 8.89. The Kier molecular flexibility index (Phi) is 6.32. The minimum absolute atomic E-state index is 0.110. The van der Waals surface area contributed by atoms with Crippen LogP contribution < -0.4 is 5.32 Å². The highest BCUT2D eigenvalue weighted by atomic mass is 32.1. The Balaban J connectivity index is 1.72. The van der Waals surface area contributed by atoms with Crippen LogP contribution >= 0.6 is 11.3 Å². The molecule has 1 atom stereocenters. The molecular weight excluding hydrogens is 374 g/mol. The molecule has 2 aromatic rings. The van der Waals surface area contributed by atoms with Gasteiger partial charge in [0.15, 0.2) is 0 Å². The van der Waals surface area contributed by atoms with Crippen molar-refractivity contribution >= 4 is 28.3 Å². The van der Waals surface area contributed by atoms with Gasteiger partial charge in [-0.15, -0.1) is 11.3 Å². The molecule has 2 heterocycles. The molecular formula is C21H23N3O3S. The highest BCUT2D eigenvalue weighted by molar-refractivity contribution is 7.16. The molecule has 1 aliphatic rings. The number of hydrogen-bond acceptors (Lipinski definition) is 5. The van der Waals surface area contributed by atoms with Crippen LogP contribution in [0, 0.1) is 17.2 Å². The number of carbonyl (C=O) groups is 2. The van der Waals surface area contributed by atoms with E-state index in [0.717, 1.165) is 16.0 Å². The van der Waals surface area contributed by atoms with E-state index in [9.17, 15) is 14.9 Å². The first kappa shape index (κ1) is 19.9. The van der Waals surface area contributed by atoms with Crippen molar-refractivity contribution < 1.29 is 14.3 Å². The number of nitriles is 1. The van der Waals surface area contributed by atoms with Crippen LogP contribution in [-0.4, -0.2) is 30.1 Å². The van der Waals surface area contributed by atoms with Crippen molar-refractivity contribution in [2.45, 2.75) is 33.2 Å². The summed E-state index contributed by atoms with van der Waals surface area (Å²) in [6.45, 7) is 4.90. The maximum Gasteiger partial charge on any atom is 0.410 e. The van der Waals surface area contributed by atoms with Crippen molar-refractivity contribution in [2.24, 2.45) is 5.92 Å². The minimum atomic E-state index is -0.345. The Morgan fingerprint density at radius 3 is 2.79 bits per heavy atom. The minimum Gasteiger partial charge on any atom is -0.450 e. The average molecular weight is 398 g/mol. The van der Waals surface area contributed by atoms with Crippen molar-refractivity contribution in [3.05, 3.63) is 51.9 Å². The SMILES string of the molecule is CCOC(=O)N1CCc2c(sc(NC(=O)[C@@H](C)Cc3ccccc3)c2C#N)C1. The summed E-state index contributed by atoms with van der Waals surface area (Å²) in [5.74, 6) is -0.328. The topological polar surface area (TPSA) is 82.4 Å². The summed E-state index contributed by atoms with van der Waals surface area (Å²) in [5, 5.41) is 13.1. The van der Waals surface area contributed by atoms with Crippen LogP contribution in [0.15, 0.2) is 30.3 Å². The molecule has 0 spiro atoms. The Labute approximate surface area is 168 Å². The largest absolute Gasteiger partial charge is 0.450 e. The van der Waals surface area contributed by atoms with Gasteiger partial charge in [0.1, 0.15) is 11.1 Å². The van der Waals surface area contributed by atoms with Crippen molar-refractivity contribution in [3.8, 4) is 6.07 Å². The molecule has 1 aliphatic heterocycles. The van der Waals surface area contributed by atoms with Crippen LogP contribution in [0.25, 0.3) is 0 Å². The third-order valence-electron chi connectivity index (χ3n) is 4.76. The van der Waals surface area contributed by atoms with Gasteiger partial charge in [-0.05, 0) is 30.9 Å². The van der Waals surface area contributed by atoms with E-state index in [1.807, 2.05) is 37.3 Å². The molecule has 2 amide bonds. The average Bonchev–Trinajstić information content (AvgIpc) is 3.04. The number of benzene rings is 1. The van der Waals surface area contributed by atoms with Crippen molar-refractivity contribution in [1.29, 1.82) is 5.26 Å². The van der Waals surface area contributed by atoms with Crippen molar-refractivity contribution in [2.75, 3.05) is 18.5 Å². The lowest BCUT2D eigenvalue weighted by atomic mass is 10.00. The molecule has 0 saturated heterocycles. The molecule has 1 aromatic carbocycles. The molecule has 0 fully saturated rings. The molecule has 0 radical (unpaired) electrons. The second-order valence-corrected chi connectivity index (χ2v) is 7.88. The number of thiophene rings is 1. The van der Waals surface area contributed by atoms with Gasteiger partial charge < -0.3 is 15.0 Å². The Morgan fingerprint density at radius 2 is 2.11 bits per heavy atom. The van der Waals surface area contributed by atoms with Crippen LogP contribution in [-0.2, 0) is 28.9 Å². The van der Waals surface area contributed by atoms with Gasteiger partial charge in [0.2, 0.25) is 5.91 Å². The summed E-state index contributed by atoms with van der Waals surface area (Å²) in [6, 6.07) is 12.1. The maximum atomic E-state index is 12.7. The molecule has 0 aliphatic carbocycles. The van der Waals surface area contributed by atoms with Crippen LogP contribution in [0.4, 0.5) is 9.80 Å². The number of nitrogens with zero attached hydrogens (tertiary/aromatic N) is 2. The van der Waals surface area contributed by atoms with Gasteiger partial charge in [-0.1, -0.05) is 37.3 Å². The van der Waals surface area contributed by atoms with Crippen LogP contribution in [0.1, 0.15) is 35.4 Å². The quantitative estimate of drug-likeness (QED) is 0.828. The van der Waals surface area contributed by atoms with Gasteiger partial charge in [-0.2, -0.15) is 5.26 Å². The van der Waals surface area contributed by atoms with Crippen molar-refractivity contribution in [3.63, 3.8) is 0 Å². The zero-order chi connectivity index (χ0) is 20.1. The number of anilines is 1. The van der Waals surface area contributed by atoms with Crippen molar-refractivity contribution in [1.82, 2.24) is 4.90 Å². The number of hydrogen-bond donors (Lipinski definition) is 1. The summed E-state index contributed by atoms with van der Waals surface area (Å²) in [7, 11) is 0. The van der Waals surface area contributed by atoms with Gasteiger partial charge in [0, 0.05) is 17.3 Å².